The molecule has 1 amide bonds. The molecule has 1 aromatic carbocycles. The first-order chi connectivity index (χ1) is 9.03. The summed E-state index contributed by atoms with van der Waals surface area (Å²) in [5.74, 6) is 0.729. The van der Waals surface area contributed by atoms with Crippen molar-refractivity contribution in [3.8, 4) is 17.2 Å². The summed E-state index contributed by atoms with van der Waals surface area (Å²) >= 11 is 4.59. The molecule has 0 aliphatic carbocycles. The van der Waals surface area contributed by atoms with E-state index in [-0.39, 0.29) is 10.7 Å². The summed E-state index contributed by atoms with van der Waals surface area (Å²) in [5, 5.41) is -0.0483. The fourth-order valence-electron chi connectivity index (χ4n) is 1.39. The van der Waals surface area contributed by atoms with Gasteiger partial charge in [0.2, 0.25) is 0 Å². The number of thiocarbonyl (C=S) groups is 1. The third kappa shape index (κ3) is 3.62. The summed E-state index contributed by atoms with van der Waals surface area (Å²) in [6, 6.07) is 3.04. The Balaban J connectivity index is 3.10. The molecule has 0 radical (unpaired) electrons. The molecule has 0 bridgehead atoms. The monoisotopic (exact) mass is 285 g/mol. The Kier molecular flexibility index (Phi) is 5.19. The van der Waals surface area contributed by atoms with Crippen LogP contribution in [0.3, 0.4) is 0 Å². The van der Waals surface area contributed by atoms with Crippen LogP contribution in [0, 0.1) is 0 Å². The third-order valence-electron chi connectivity index (χ3n) is 2.25. The van der Waals surface area contributed by atoms with Crippen LogP contribution in [0.4, 0.5) is 0 Å². The van der Waals surface area contributed by atoms with Gasteiger partial charge in [-0.3, -0.25) is 15.6 Å². The van der Waals surface area contributed by atoms with Crippen LogP contribution >= 0.6 is 12.2 Å². The maximum atomic E-state index is 11.9. The van der Waals surface area contributed by atoms with Gasteiger partial charge in [0, 0.05) is 12.1 Å². The number of benzene rings is 1. The summed E-state index contributed by atoms with van der Waals surface area (Å²) in [6.45, 7) is 0. The van der Waals surface area contributed by atoms with Gasteiger partial charge < -0.3 is 19.9 Å². The molecule has 104 valence electrons. The summed E-state index contributed by atoms with van der Waals surface area (Å²) in [5.41, 5.74) is 10.1. The summed E-state index contributed by atoms with van der Waals surface area (Å²) in [7, 11) is 4.41. The first kappa shape index (κ1) is 14.8. The molecular formula is C11H15N3O4S. The number of ether oxygens (including phenoxy) is 3. The molecule has 0 saturated heterocycles. The van der Waals surface area contributed by atoms with Crippen molar-refractivity contribution in [3.63, 3.8) is 0 Å². The minimum Gasteiger partial charge on any atom is -0.496 e. The number of carbonyl (C=O) groups excluding carboxylic acids is 1. The highest BCUT2D eigenvalue weighted by atomic mass is 32.1. The lowest BCUT2D eigenvalue weighted by atomic mass is 10.1. The molecule has 0 spiro atoms. The van der Waals surface area contributed by atoms with E-state index in [1.54, 1.807) is 6.07 Å². The zero-order valence-electron chi connectivity index (χ0n) is 10.8. The van der Waals surface area contributed by atoms with Crippen molar-refractivity contribution < 1.29 is 19.0 Å². The fraction of sp³-hybridized carbons (Fsp3) is 0.273. The van der Waals surface area contributed by atoms with E-state index in [2.05, 4.69) is 23.1 Å². The van der Waals surface area contributed by atoms with Crippen molar-refractivity contribution in [2.24, 2.45) is 5.73 Å². The van der Waals surface area contributed by atoms with Crippen molar-refractivity contribution in [1.29, 1.82) is 0 Å². The molecule has 0 heterocycles. The Bertz CT molecular complexity index is 493. The highest BCUT2D eigenvalue weighted by Gasteiger charge is 2.17. The Hall–Kier alpha value is -2.22. The fourth-order valence-corrected chi connectivity index (χ4v) is 1.44. The molecule has 8 heteroatoms. The van der Waals surface area contributed by atoms with E-state index in [1.807, 2.05) is 0 Å². The van der Waals surface area contributed by atoms with E-state index in [4.69, 9.17) is 19.9 Å². The van der Waals surface area contributed by atoms with Crippen LogP contribution < -0.4 is 30.8 Å². The van der Waals surface area contributed by atoms with Crippen LogP contribution in [-0.2, 0) is 0 Å². The highest BCUT2D eigenvalue weighted by Crippen LogP contribution is 2.34. The first-order valence-electron chi connectivity index (χ1n) is 5.19. The number of rotatable bonds is 4. The lowest BCUT2D eigenvalue weighted by molar-refractivity contribution is 0.0940. The number of methoxy groups -OCH3 is 3. The van der Waals surface area contributed by atoms with Gasteiger partial charge in [0.1, 0.15) is 5.75 Å². The average Bonchev–Trinajstić information content (AvgIpc) is 2.42. The molecule has 0 aliphatic rings. The molecule has 1 aromatic rings. The van der Waals surface area contributed by atoms with Crippen molar-refractivity contribution in [2.75, 3.05) is 21.3 Å². The summed E-state index contributed by atoms with van der Waals surface area (Å²) < 4.78 is 15.4. The molecule has 0 saturated carbocycles. The lowest BCUT2D eigenvalue weighted by Crippen LogP contribution is -2.44. The topological polar surface area (TPSA) is 94.8 Å². The van der Waals surface area contributed by atoms with Gasteiger partial charge in [0.15, 0.2) is 16.6 Å². The lowest BCUT2D eigenvalue weighted by Gasteiger charge is -2.14. The highest BCUT2D eigenvalue weighted by molar-refractivity contribution is 7.80. The van der Waals surface area contributed by atoms with Crippen molar-refractivity contribution in [2.45, 2.75) is 0 Å². The Labute approximate surface area is 116 Å². The molecule has 19 heavy (non-hydrogen) atoms. The smallest absolute Gasteiger partial charge is 0.273 e. The van der Waals surface area contributed by atoms with Gasteiger partial charge in [0.05, 0.1) is 26.9 Å². The predicted molar refractivity (Wildman–Crippen MR) is 73.5 cm³/mol. The molecule has 7 nitrogen and oxygen atoms in total. The van der Waals surface area contributed by atoms with Gasteiger partial charge in [-0.15, -0.1) is 0 Å². The Morgan fingerprint density at radius 3 is 2.05 bits per heavy atom. The number of nitrogens with two attached hydrogens (primary N) is 1. The number of nitrogens with one attached hydrogen (secondary N) is 2. The zero-order chi connectivity index (χ0) is 14.4. The van der Waals surface area contributed by atoms with E-state index in [0.29, 0.717) is 17.2 Å². The van der Waals surface area contributed by atoms with E-state index in [1.165, 1.54) is 27.4 Å². The van der Waals surface area contributed by atoms with Crippen molar-refractivity contribution in [3.05, 3.63) is 17.7 Å². The quantitative estimate of drug-likeness (QED) is 0.537. The second kappa shape index (κ2) is 6.64. The molecule has 0 unspecified atom stereocenters. The molecule has 0 aliphatic heterocycles. The van der Waals surface area contributed by atoms with Crippen molar-refractivity contribution >= 4 is 23.2 Å². The standard InChI is InChI=1S/C11H15N3O4S/c1-16-7-5-9(18-3)8(17-2)4-6(7)10(15)13-14-11(12)19/h4-5H,1-3H3,(H,13,15)(H3,12,14,19). The van der Waals surface area contributed by atoms with Gasteiger partial charge in [-0.25, -0.2) is 0 Å². The number of carbonyl (C=O) groups is 1. The summed E-state index contributed by atoms with van der Waals surface area (Å²) in [4.78, 5) is 11.9. The second-order valence-corrected chi connectivity index (χ2v) is 3.79. The molecule has 4 N–H and O–H groups in total. The third-order valence-corrected chi connectivity index (χ3v) is 2.35. The predicted octanol–water partition coefficient (Wildman–Crippen LogP) is 0.190. The van der Waals surface area contributed by atoms with Crippen LogP contribution in [0.15, 0.2) is 12.1 Å². The Morgan fingerprint density at radius 2 is 1.58 bits per heavy atom. The van der Waals surface area contributed by atoms with Crippen molar-refractivity contribution in [1.82, 2.24) is 10.9 Å². The van der Waals surface area contributed by atoms with Crippen LogP contribution in [-0.4, -0.2) is 32.3 Å². The minimum absolute atomic E-state index is 0.0483. The largest absolute Gasteiger partial charge is 0.496 e. The average molecular weight is 285 g/mol. The second-order valence-electron chi connectivity index (χ2n) is 3.35. The number of hydrogen-bond acceptors (Lipinski definition) is 5. The normalized spacial score (nSPS) is 9.42. The molecule has 1 rings (SSSR count). The first-order valence-corrected chi connectivity index (χ1v) is 5.60. The Morgan fingerprint density at radius 1 is 1.05 bits per heavy atom. The van der Waals surface area contributed by atoms with Crippen LogP contribution in [0.5, 0.6) is 17.2 Å². The molecule has 0 fully saturated rings. The molecule has 0 aromatic heterocycles. The van der Waals surface area contributed by atoms with E-state index in [0.717, 1.165) is 0 Å². The van der Waals surface area contributed by atoms with Crippen LogP contribution in [0.25, 0.3) is 0 Å². The van der Waals surface area contributed by atoms with Crippen LogP contribution in [0.1, 0.15) is 10.4 Å². The number of hydrogen-bond donors (Lipinski definition) is 3. The number of amides is 1. The van der Waals surface area contributed by atoms with Gasteiger partial charge in [0.25, 0.3) is 5.91 Å². The van der Waals surface area contributed by atoms with Gasteiger partial charge >= 0.3 is 0 Å². The summed E-state index contributed by atoms with van der Waals surface area (Å²) in [6.07, 6.45) is 0. The maximum Gasteiger partial charge on any atom is 0.273 e. The van der Waals surface area contributed by atoms with E-state index < -0.39 is 5.91 Å². The number of hydrazine groups is 1. The SMILES string of the molecule is COc1cc(OC)c(C(=O)NNC(N)=S)cc1OC. The van der Waals surface area contributed by atoms with Gasteiger partial charge in [-0.1, -0.05) is 0 Å². The van der Waals surface area contributed by atoms with Gasteiger partial charge in [-0.2, -0.15) is 0 Å². The van der Waals surface area contributed by atoms with E-state index in [9.17, 15) is 4.79 Å². The van der Waals surface area contributed by atoms with E-state index >= 15 is 0 Å². The van der Waals surface area contributed by atoms with Gasteiger partial charge in [-0.05, 0) is 12.2 Å². The maximum absolute atomic E-state index is 11.9. The molecule has 0 atom stereocenters. The zero-order valence-corrected chi connectivity index (χ0v) is 11.6. The molecular weight excluding hydrogens is 270 g/mol. The van der Waals surface area contributed by atoms with Crippen LogP contribution in [0.2, 0.25) is 0 Å². The minimum atomic E-state index is -0.467.